The highest BCUT2D eigenvalue weighted by atomic mass is 32.2. The fraction of sp³-hybridized carbons (Fsp3) is 0.632. The third kappa shape index (κ3) is 5.00. The molecule has 1 saturated heterocycles. The van der Waals surface area contributed by atoms with E-state index in [-0.39, 0.29) is 18.3 Å². The van der Waals surface area contributed by atoms with Crippen molar-refractivity contribution in [2.45, 2.75) is 38.6 Å². The molecule has 1 N–H and O–H groups in total. The molecule has 0 radical (unpaired) electrons. The molecule has 2 aliphatic rings. The average Bonchev–Trinajstić information content (AvgIpc) is 3.12. The van der Waals surface area contributed by atoms with Gasteiger partial charge >= 0.3 is 5.97 Å². The number of nitrogens with zero attached hydrogens (tertiary/aromatic N) is 2. The molecule has 8 heteroatoms. The van der Waals surface area contributed by atoms with Crippen LogP contribution in [-0.2, 0) is 27.7 Å². The Morgan fingerprint density at radius 3 is 2.74 bits per heavy atom. The van der Waals surface area contributed by atoms with Gasteiger partial charge in [-0.1, -0.05) is 12.1 Å². The Kier molecular flexibility index (Phi) is 6.39. The molecule has 150 valence electrons. The van der Waals surface area contributed by atoms with Gasteiger partial charge < -0.3 is 9.84 Å². The number of sulfonamides is 1. The fourth-order valence-corrected chi connectivity index (χ4v) is 5.03. The Morgan fingerprint density at radius 2 is 2.07 bits per heavy atom. The van der Waals surface area contributed by atoms with Crippen molar-refractivity contribution in [2.75, 3.05) is 38.5 Å². The molecule has 0 aromatic heterocycles. The minimum atomic E-state index is -3.17. The van der Waals surface area contributed by atoms with Crippen LogP contribution in [0.25, 0.3) is 0 Å². The number of fused-ring (bicyclic) bond motifs is 1. The van der Waals surface area contributed by atoms with Crippen molar-refractivity contribution in [3.05, 3.63) is 29.3 Å². The van der Waals surface area contributed by atoms with E-state index in [4.69, 9.17) is 4.74 Å². The smallest absolute Gasteiger partial charge is 0.317 e. The van der Waals surface area contributed by atoms with Crippen LogP contribution < -0.4 is 4.74 Å². The lowest BCUT2D eigenvalue weighted by molar-refractivity contribution is -0.139. The minimum Gasteiger partial charge on any atom is -0.493 e. The summed E-state index contributed by atoms with van der Waals surface area (Å²) in [5, 5.41) is 9.29. The third-order valence-corrected chi connectivity index (χ3v) is 7.36. The number of hydrogen-bond donors (Lipinski definition) is 1. The van der Waals surface area contributed by atoms with Gasteiger partial charge in [-0.3, -0.25) is 9.69 Å². The summed E-state index contributed by atoms with van der Waals surface area (Å²) in [5.74, 6) is 0.213. The molecule has 1 fully saturated rings. The first kappa shape index (κ1) is 20.1. The van der Waals surface area contributed by atoms with E-state index in [2.05, 4.69) is 6.07 Å². The molecule has 0 bridgehead atoms. The predicted octanol–water partition coefficient (Wildman–Crippen LogP) is 1.36. The van der Waals surface area contributed by atoms with Gasteiger partial charge in [-0.15, -0.1) is 0 Å². The number of carboxylic acid groups (broad SMARTS) is 1. The minimum absolute atomic E-state index is 0.0146. The van der Waals surface area contributed by atoms with Crippen LogP contribution in [0.4, 0.5) is 0 Å². The lowest BCUT2D eigenvalue weighted by atomic mass is 10.0. The zero-order valence-electron chi connectivity index (χ0n) is 15.8. The van der Waals surface area contributed by atoms with Crippen LogP contribution in [0.15, 0.2) is 18.2 Å². The summed E-state index contributed by atoms with van der Waals surface area (Å²) in [4.78, 5) is 13.3. The SMILES string of the molecule is CCS(=O)(=O)N1CCC(N(CCc2ccc3c(c2)CCO3)CC(=O)O)CC1. The second kappa shape index (κ2) is 8.58. The fourth-order valence-electron chi connectivity index (χ4n) is 3.90. The maximum absolute atomic E-state index is 12.0. The van der Waals surface area contributed by atoms with Crippen molar-refractivity contribution >= 4 is 16.0 Å². The molecule has 0 saturated carbocycles. The van der Waals surface area contributed by atoms with E-state index in [9.17, 15) is 18.3 Å². The molecule has 2 heterocycles. The highest BCUT2D eigenvalue weighted by molar-refractivity contribution is 7.89. The van der Waals surface area contributed by atoms with Crippen LogP contribution in [0.5, 0.6) is 5.75 Å². The number of carboxylic acids is 1. The molecule has 0 atom stereocenters. The topological polar surface area (TPSA) is 87.2 Å². The Labute approximate surface area is 161 Å². The van der Waals surface area contributed by atoms with Gasteiger partial charge in [-0.2, -0.15) is 0 Å². The van der Waals surface area contributed by atoms with E-state index in [0.717, 1.165) is 25.2 Å². The zero-order chi connectivity index (χ0) is 19.4. The van der Waals surface area contributed by atoms with E-state index in [1.54, 1.807) is 6.92 Å². The zero-order valence-corrected chi connectivity index (χ0v) is 16.6. The monoisotopic (exact) mass is 396 g/mol. The number of carbonyl (C=O) groups is 1. The van der Waals surface area contributed by atoms with Gasteiger partial charge in [0.05, 0.1) is 18.9 Å². The maximum Gasteiger partial charge on any atom is 0.317 e. The Morgan fingerprint density at radius 1 is 1.33 bits per heavy atom. The maximum atomic E-state index is 12.0. The van der Waals surface area contributed by atoms with Crippen molar-refractivity contribution in [3.8, 4) is 5.75 Å². The molecular formula is C19H28N2O5S. The van der Waals surface area contributed by atoms with Gasteiger partial charge in [0, 0.05) is 32.1 Å². The van der Waals surface area contributed by atoms with Gasteiger partial charge in [-0.05, 0) is 43.4 Å². The number of aliphatic carboxylic acids is 1. The summed E-state index contributed by atoms with van der Waals surface area (Å²) >= 11 is 0. The van der Waals surface area contributed by atoms with E-state index >= 15 is 0 Å². The number of hydrogen-bond acceptors (Lipinski definition) is 5. The molecule has 7 nitrogen and oxygen atoms in total. The van der Waals surface area contributed by atoms with Crippen molar-refractivity contribution in [2.24, 2.45) is 0 Å². The van der Waals surface area contributed by atoms with Crippen LogP contribution in [0.3, 0.4) is 0 Å². The van der Waals surface area contributed by atoms with E-state index in [1.165, 1.54) is 15.4 Å². The van der Waals surface area contributed by atoms with Gasteiger partial charge in [0.1, 0.15) is 5.75 Å². The van der Waals surface area contributed by atoms with E-state index in [1.807, 2.05) is 17.0 Å². The first-order chi connectivity index (χ1) is 12.9. The summed E-state index contributed by atoms with van der Waals surface area (Å²) in [6.45, 7) is 3.94. The second-order valence-electron chi connectivity index (χ2n) is 7.19. The summed E-state index contributed by atoms with van der Waals surface area (Å²) < 4.78 is 31.1. The second-order valence-corrected chi connectivity index (χ2v) is 9.44. The normalized spacial score (nSPS) is 18.4. The first-order valence-electron chi connectivity index (χ1n) is 9.57. The van der Waals surface area contributed by atoms with E-state index in [0.29, 0.717) is 32.5 Å². The molecule has 1 aromatic carbocycles. The summed E-state index contributed by atoms with van der Waals surface area (Å²) in [6.07, 6.45) is 3.04. The average molecular weight is 397 g/mol. The Hall–Kier alpha value is -1.64. The summed E-state index contributed by atoms with van der Waals surface area (Å²) in [7, 11) is -3.17. The van der Waals surface area contributed by atoms with Crippen LogP contribution in [0, 0.1) is 0 Å². The van der Waals surface area contributed by atoms with Gasteiger partial charge in [0.2, 0.25) is 10.0 Å². The molecule has 0 amide bonds. The standard InChI is InChI=1S/C19H28N2O5S/c1-2-27(24,25)21-10-6-17(7-11-21)20(14-19(22)23)9-5-15-3-4-18-16(13-15)8-12-26-18/h3-4,13,17H,2,5-12,14H2,1H3,(H,22,23). The Bertz CT molecular complexity index is 772. The molecule has 1 aromatic rings. The highest BCUT2D eigenvalue weighted by Crippen LogP contribution is 2.26. The van der Waals surface area contributed by atoms with Crippen LogP contribution in [-0.4, -0.2) is 73.3 Å². The largest absolute Gasteiger partial charge is 0.493 e. The number of piperidine rings is 1. The van der Waals surface area contributed by atoms with Gasteiger partial charge in [0.15, 0.2) is 0 Å². The van der Waals surface area contributed by atoms with Crippen molar-refractivity contribution in [3.63, 3.8) is 0 Å². The van der Waals surface area contributed by atoms with Crippen molar-refractivity contribution in [1.82, 2.24) is 9.21 Å². The number of benzene rings is 1. The lowest BCUT2D eigenvalue weighted by Crippen LogP contribution is -2.48. The predicted molar refractivity (Wildman–Crippen MR) is 103 cm³/mol. The Balaban J connectivity index is 1.60. The number of ether oxygens (including phenoxy) is 1. The van der Waals surface area contributed by atoms with Gasteiger partial charge in [0.25, 0.3) is 0 Å². The lowest BCUT2D eigenvalue weighted by Gasteiger charge is -2.37. The quantitative estimate of drug-likeness (QED) is 0.714. The van der Waals surface area contributed by atoms with E-state index < -0.39 is 16.0 Å². The van der Waals surface area contributed by atoms with Crippen molar-refractivity contribution < 1.29 is 23.1 Å². The molecular weight excluding hydrogens is 368 g/mol. The molecule has 2 aliphatic heterocycles. The number of rotatable bonds is 8. The van der Waals surface area contributed by atoms with Crippen LogP contribution in [0.1, 0.15) is 30.9 Å². The first-order valence-corrected chi connectivity index (χ1v) is 11.2. The molecule has 0 aliphatic carbocycles. The van der Waals surface area contributed by atoms with Crippen LogP contribution in [0.2, 0.25) is 0 Å². The molecule has 0 unspecified atom stereocenters. The molecule has 3 rings (SSSR count). The highest BCUT2D eigenvalue weighted by Gasteiger charge is 2.30. The third-order valence-electron chi connectivity index (χ3n) is 5.48. The van der Waals surface area contributed by atoms with Crippen LogP contribution >= 0.6 is 0 Å². The molecule has 0 spiro atoms. The molecule has 27 heavy (non-hydrogen) atoms. The van der Waals surface area contributed by atoms with Crippen molar-refractivity contribution in [1.29, 1.82) is 0 Å². The summed E-state index contributed by atoms with van der Waals surface area (Å²) in [5.41, 5.74) is 2.40. The summed E-state index contributed by atoms with van der Waals surface area (Å²) in [6, 6.07) is 6.28. The van der Waals surface area contributed by atoms with Gasteiger partial charge in [-0.25, -0.2) is 12.7 Å².